The molecular formula is C17H16N4O3. The molecule has 0 bridgehead atoms. The van der Waals surface area contributed by atoms with Crippen molar-refractivity contribution in [1.82, 2.24) is 4.98 Å². The fraction of sp³-hybridized carbons (Fsp3) is 0.235. The highest BCUT2D eigenvalue weighted by Gasteiger charge is 2.19. The predicted octanol–water partition coefficient (Wildman–Crippen LogP) is 2.16. The maximum Gasteiger partial charge on any atom is 0.268 e. The van der Waals surface area contributed by atoms with Gasteiger partial charge in [-0.25, -0.2) is 0 Å². The number of aromatic amines is 1. The summed E-state index contributed by atoms with van der Waals surface area (Å²) in [5.41, 5.74) is 5.61. The molecule has 3 N–H and O–H groups in total. The molecule has 7 nitrogen and oxygen atoms in total. The molecule has 0 amide bonds. The fourth-order valence-electron chi connectivity index (χ4n) is 2.29. The molecule has 0 fully saturated rings. The van der Waals surface area contributed by atoms with Gasteiger partial charge in [0.25, 0.3) is 5.56 Å². The van der Waals surface area contributed by atoms with Crippen molar-refractivity contribution < 1.29 is 9.47 Å². The molecule has 0 spiro atoms. The monoisotopic (exact) mass is 324 g/mol. The first kappa shape index (κ1) is 16.9. The maximum atomic E-state index is 12.0. The van der Waals surface area contributed by atoms with E-state index in [0.29, 0.717) is 23.7 Å². The van der Waals surface area contributed by atoms with Crippen molar-refractivity contribution >= 4 is 5.82 Å². The molecule has 24 heavy (non-hydrogen) atoms. The molecule has 0 aliphatic heterocycles. The third-order valence-electron chi connectivity index (χ3n) is 3.38. The van der Waals surface area contributed by atoms with Crippen molar-refractivity contribution in [3.8, 4) is 34.8 Å². The number of nitrogen functional groups attached to an aromatic ring is 1. The highest BCUT2D eigenvalue weighted by Crippen LogP contribution is 2.35. The Labute approximate surface area is 138 Å². The number of rotatable bonds is 5. The molecule has 0 saturated carbocycles. The molecule has 1 aromatic carbocycles. The van der Waals surface area contributed by atoms with Crippen LogP contribution < -0.4 is 20.8 Å². The van der Waals surface area contributed by atoms with E-state index in [1.165, 1.54) is 7.11 Å². The summed E-state index contributed by atoms with van der Waals surface area (Å²) in [6.45, 7) is 2.45. The van der Waals surface area contributed by atoms with Gasteiger partial charge in [-0.3, -0.25) is 4.79 Å². The lowest BCUT2D eigenvalue weighted by Gasteiger charge is -2.13. The number of pyridine rings is 1. The van der Waals surface area contributed by atoms with E-state index in [1.54, 1.807) is 18.2 Å². The predicted molar refractivity (Wildman–Crippen MR) is 88.7 cm³/mol. The largest absolute Gasteiger partial charge is 0.493 e. The molecule has 0 radical (unpaired) electrons. The molecule has 0 atom stereocenters. The summed E-state index contributed by atoms with van der Waals surface area (Å²) < 4.78 is 10.9. The molecule has 122 valence electrons. The fourth-order valence-corrected chi connectivity index (χ4v) is 2.29. The average Bonchev–Trinajstić information content (AvgIpc) is 2.59. The standard InChI is InChI=1S/C17H16N4O3/c1-3-6-24-14-7-10(4-5-13(14)23-2)15-11(8-18)16(20)21-17(22)12(15)9-19/h4-5,7H,3,6H2,1-2H3,(H3,20,21,22). The normalized spacial score (nSPS) is 9.83. The lowest BCUT2D eigenvalue weighted by molar-refractivity contribution is 0.294. The second kappa shape index (κ2) is 7.21. The highest BCUT2D eigenvalue weighted by atomic mass is 16.5. The van der Waals surface area contributed by atoms with Gasteiger partial charge in [0.1, 0.15) is 29.1 Å². The van der Waals surface area contributed by atoms with Crippen molar-refractivity contribution in [2.45, 2.75) is 13.3 Å². The number of hydrogen-bond acceptors (Lipinski definition) is 6. The topological polar surface area (TPSA) is 125 Å². The van der Waals surface area contributed by atoms with Crippen LogP contribution >= 0.6 is 0 Å². The Bertz CT molecular complexity index is 904. The van der Waals surface area contributed by atoms with Gasteiger partial charge in [-0.15, -0.1) is 0 Å². The smallest absolute Gasteiger partial charge is 0.268 e. The number of H-pyrrole nitrogens is 1. The highest BCUT2D eigenvalue weighted by molar-refractivity contribution is 5.81. The number of hydrogen-bond donors (Lipinski definition) is 2. The van der Waals surface area contributed by atoms with Crippen LogP contribution in [0.25, 0.3) is 11.1 Å². The lowest BCUT2D eigenvalue weighted by atomic mass is 9.96. The second-order valence-electron chi connectivity index (χ2n) is 4.93. The van der Waals surface area contributed by atoms with Crippen LogP contribution in [-0.2, 0) is 0 Å². The Balaban J connectivity index is 2.75. The molecule has 1 aromatic heterocycles. The molecule has 2 aromatic rings. The van der Waals surface area contributed by atoms with Gasteiger partial charge < -0.3 is 20.2 Å². The Morgan fingerprint density at radius 3 is 2.50 bits per heavy atom. The number of aromatic nitrogens is 1. The molecule has 7 heteroatoms. The molecule has 1 heterocycles. The lowest BCUT2D eigenvalue weighted by Crippen LogP contribution is -2.16. The van der Waals surface area contributed by atoms with E-state index in [9.17, 15) is 15.3 Å². The minimum atomic E-state index is -0.643. The van der Waals surface area contributed by atoms with Gasteiger partial charge in [-0.1, -0.05) is 13.0 Å². The minimum Gasteiger partial charge on any atom is -0.493 e. The van der Waals surface area contributed by atoms with Crippen molar-refractivity contribution in [3.05, 3.63) is 39.7 Å². The van der Waals surface area contributed by atoms with Crippen LogP contribution in [0.5, 0.6) is 11.5 Å². The summed E-state index contributed by atoms with van der Waals surface area (Å²) >= 11 is 0. The average molecular weight is 324 g/mol. The number of nitrogens with zero attached hydrogens (tertiary/aromatic N) is 2. The van der Waals surface area contributed by atoms with Crippen molar-refractivity contribution in [2.24, 2.45) is 0 Å². The van der Waals surface area contributed by atoms with Gasteiger partial charge >= 0.3 is 0 Å². The molecule has 0 saturated heterocycles. The molecule has 0 aliphatic carbocycles. The van der Waals surface area contributed by atoms with E-state index >= 15 is 0 Å². The number of nitrogens with one attached hydrogen (secondary N) is 1. The van der Waals surface area contributed by atoms with E-state index in [2.05, 4.69) is 4.98 Å². The molecule has 2 rings (SSSR count). The van der Waals surface area contributed by atoms with Crippen molar-refractivity contribution in [2.75, 3.05) is 19.5 Å². The van der Waals surface area contributed by atoms with E-state index in [4.69, 9.17) is 15.2 Å². The van der Waals surface area contributed by atoms with Gasteiger partial charge in [0, 0.05) is 5.56 Å². The number of ether oxygens (including phenoxy) is 2. The number of nitriles is 2. The summed E-state index contributed by atoms with van der Waals surface area (Å²) in [6, 6.07) is 8.70. The zero-order valence-corrected chi connectivity index (χ0v) is 13.3. The van der Waals surface area contributed by atoms with Gasteiger partial charge in [-0.05, 0) is 24.1 Å². The Morgan fingerprint density at radius 1 is 1.21 bits per heavy atom. The van der Waals surface area contributed by atoms with Crippen LogP contribution in [0.2, 0.25) is 0 Å². The number of methoxy groups -OCH3 is 1. The summed E-state index contributed by atoms with van der Waals surface area (Å²) in [5, 5.41) is 18.7. The van der Waals surface area contributed by atoms with Crippen molar-refractivity contribution in [3.63, 3.8) is 0 Å². The van der Waals surface area contributed by atoms with Gasteiger partial charge in [0.05, 0.1) is 13.7 Å². The van der Waals surface area contributed by atoms with Crippen LogP contribution in [0.1, 0.15) is 24.5 Å². The zero-order chi connectivity index (χ0) is 17.7. The van der Waals surface area contributed by atoms with Crippen LogP contribution in [0.4, 0.5) is 5.82 Å². The minimum absolute atomic E-state index is 0.0396. The van der Waals surface area contributed by atoms with Gasteiger partial charge in [0.15, 0.2) is 11.5 Å². The van der Waals surface area contributed by atoms with Crippen LogP contribution in [0.3, 0.4) is 0 Å². The number of nitrogens with two attached hydrogens (primary N) is 1. The molecule has 0 unspecified atom stereocenters. The van der Waals surface area contributed by atoms with E-state index in [0.717, 1.165) is 6.42 Å². The quantitative estimate of drug-likeness (QED) is 0.868. The maximum absolute atomic E-state index is 12.0. The van der Waals surface area contributed by atoms with Crippen LogP contribution in [0, 0.1) is 22.7 Å². The summed E-state index contributed by atoms with van der Waals surface area (Å²) in [5.74, 6) is 0.897. The Hall–Kier alpha value is -3.45. The first-order valence-electron chi connectivity index (χ1n) is 7.24. The Kier molecular flexibility index (Phi) is 5.08. The Morgan fingerprint density at radius 2 is 1.92 bits per heavy atom. The number of anilines is 1. The molecule has 0 aliphatic rings. The third kappa shape index (κ3) is 3.01. The zero-order valence-electron chi connectivity index (χ0n) is 13.3. The first-order chi connectivity index (χ1) is 11.6. The second-order valence-corrected chi connectivity index (χ2v) is 4.93. The van der Waals surface area contributed by atoms with E-state index in [-0.39, 0.29) is 22.5 Å². The van der Waals surface area contributed by atoms with E-state index < -0.39 is 5.56 Å². The van der Waals surface area contributed by atoms with Crippen molar-refractivity contribution in [1.29, 1.82) is 10.5 Å². The van der Waals surface area contributed by atoms with Crippen LogP contribution in [-0.4, -0.2) is 18.7 Å². The first-order valence-corrected chi connectivity index (χ1v) is 7.24. The summed E-state index contributed by atoms with van der Waals surface area (Å²) in [6.07, 6.45) is 0.804. The van der Waals surface area contributed by atoms with Gasteiger partial charge in [0.2, 0.25) is 0 Å². The summed E-state index contributed by atoms with van der Waals surface area (Å²) in [4.78, 5) is 14.3. The third-order valence-corrected chi connectivity index (χ3v) is 3.38. The SMILES string of the molecule is CCCOc1cc(-c2c(C#N)c(N)[nH]c(=O)c2C#N)ccc1OC. The van der Waals surface area contributed by atoms with Gasteiger partial charge in [-0.2, -0.15) is 10.5 Å². The van der Waals surface area contributed by atoms with Crippen LogP contribution in [0.15, 0.2) is 23.0 Å². The van der Waals surface area contributed by atoms with E-state index in [1.807, 2.05) is 19.1 Å². The summed E-state index contributed by atoms with van der Waals surface area (Å²) in [7, 11) is 1.51. The number of benzene rings is 1. The molecular weight excluding hydrogens is 308 g/mol.